The molecule has 1 N–H and O–H groups in total. The molecule has 1 aromatic heterocycles. The van der Waals surface area contributed by atoms with Crippen molar-refractivity contribution in [3.63, 3.8) is 0 Å². The zero-order valence-electron chi connectivity index (χ0n) is 15.0. The van der Waals surface area contributed by atoms with Gasteiger partial charge in [-0.05, 0) is 29.7 Å². The van der Waals surface area contributed by atoms with Crippen LogP contribution in [0.2, 0.25) is 0 Å². The van der Waals surface area contributed by atoms with Crippen molar-refractivity contribution in [3.05, 3.63) is 65.5 Å². The Morgan fingerprint density at radius 1 is 1.19 bits per heavy atom. The molecule has 1 aliphatic heterocycles. The van der Waals surface area contributed by atoms with Gasteiger partial charge in [0.05, 0.1) is 17.0 Å². The number of rotatable bonds is 6. The first kappa shape index (κ1) is 18.5. The van der Waals surface area contributed by atoms with E-state index in [2.05, 4.69) is 23.3 Å². The smallest absolute Gasteiger partial charge is 0.325 e. The lowest BCUT2D eigenvalue weighted by molar-refractivity contribution is -0.143. The molecule has 1 aromatic carbocycles. The Kier molecular flexibility index (Phi) is 5.93. The Balaban J connectivity index is 1.59. The summed E-state index contributed by atoms with van der Waals surface area (Å²) in [7, 11) is 0. The monoisotopic (exact) mass is 369 g/mol. The average molecular weight is 369 g/mol. The number of β-lactam (4-membered cyclic amide) rings is 1. The summed E-state index contributed by atoms with van der Waals surface area (Å²) in [5.41, 5.74) is 3.24. The van der Waals surface area contributed by atoms with Crippen molar-refractivity contribution in [1.82, 2.24) is 15.2 Å². The van der Waals surface area contributed by atoms with Crippen molar-refractivity contribution < 1.29 is 9.59 Å². The summed E-state index contributed by atoms with van der Waals surface area (Å²) in [6.45, 7) is 4.39. The summed E-state index contributed by atoms with van der Waals surface area (Å²) >= 11 is 1.58. The summed E-state index contributed by atoms with van der Waals surface area (Å²) < 4.78 is 0. The zero-order valence-corrected chi connectivity index (χ0v) is 15.8. The summed E-state index contributed by atoms with van der Waals surface area (Å²) in [6, 6.07) is 13.5. The Morgan fingerprint density at radius 3 is 2.62 bits per heavy atom. The Morgan fingerprint density at radius 2 is 1.92 bits per heavy atom. The van der Waals surface area contributed by atoms with Crippen LogP contribution < -0.4 is 5.32 Å². The van der Waals surface area contributed by atoms with Crippen LogP contribution in [0.3, 0.4) is 0 Å². The highest BCUT2D eigenvalue weighted by atomic mass is 32.2. The molecule has 0 bridgehead atoms. The molecular weight excluding hydrogens is 346 g/mol. The maximum Gasteiger partial charge on any atom is 0.325 e. The second kappa shape index (κ2) is 8.36. The van der Waals surface area contributed by atoms with Crippen molar-refractivity contribution >= 4 is 23.7 Å². The number of pyridine rings is 1. The molecule has 2 atom stereocenters. The Bertz CT molecular complexity index is 782. The number of aryl methyl sites for hydroxylation is 1. The molecule has 5 nitrogen and oxygen atoms in total. The predicted molar refractivity (Wildman–Crippen MR) is 103 cm³/mol. The molecule has 3 rings (SSSR count). The minimum atomic E-state index is -0.322. The van der Waals surface area contributed by atoms with Crippen molar-refractivity contribution in [1.29, 1.82) is 0 Å². The minimum absolute atomic E-state index is 0.121. The van der Waals surface area contributed by atoms with Gasteiger partial charge in [0.2, 0.25) is 5.91 Å². The number of amides is 3. The quantitative estimate of drug-likeness (QED) is 0.791. The van der Waals surface area contributed by atoms with Gasteiger partial charge in [0.25, 0.3) is 0 Å². The molecule has 0 saturated carbocycles. The van der Waals surface area contributed by atoms with Gasteiger partial charge in [-0.3, -0.25) is 14.7 Å². The number of likely N-dealkylation sites (tertiary alicyclic amines) is 1. The molecule has 1 fully saturated rings. The molecule has 26 heavy (non-hydrogen) atoms. The van der Waals surface area contributed by atoms with Crippen LogP contribution in [0.15, 0.2) is 48.7 Å². The molecular formula is C20H23N3O2S. The van der Waals surface area contributed by atoms with E-state index < -0.39 is 0 Å². The first-order valence-corrected chi connectivity index (χ1v) is 9.86. The summed E-state index contributed by atoms with van der Waals surface area (Å²) in [5, 5.41) is 2.74. The Hall–Kier alpha value is -2.34. The van der Waals surface area contributed by atoms with Crippen molar-refractivity contribution in [2.24, 2.45) is 5.92 Å². The average Bonchev–Trinajstić information content (AvgIpc) is 2.69. The topological polar surface area (TPSA) is 62.3 Å². The fraction of sp³-hybridized carbons (Fsp3) is 0.350. The molecule has 0 spiro atoms. The minimum Gasteiger partial charge on any atom is -0.334 e. The number of hydrogen-bond donors (Lipinski definition) is 1. The number of hydrogen-bond acceptors (Lipinski definition) is 4. The van der Waals surface area contributed by atoms with Crippen LogP contribution in [-0.2, 0) is 23.5 Å². The Labute approximate surface area is 158 Å². The standard InChI is InChI=1S/C20H23N3O2S/c1-3-15-8-4-5-9-16(15)12-22-20(25)23-18(24)14(2)19(23)26-13-17-10-6-7-11-21-17/h4-11,14,19H,3,12-13H2,1-2H3,(H,22,25)/t14-,19+/m1/s1. The van der Waals surface area contributed by atoms with E-state index in [9.17, 15) is 9.59 Å². The van der Waals surface area contributed by atoms with Gasteiger partial charge in [0, 0.05) is 18.5 Å². The molecule has 3 amide bonds. The number of urea groups is 1. The zero-order chi connectivity index (χ0) is 18.5. The highest BCUT2D eigenvalue weighted by molar-refractivity contribution is 7.99. The number of nitrogens with zero attached hydrogens (tertiary/aromatic N) is 2. The highest BCUT2D eigenvalue weighted by Crippen LogP contribution is 2.36. The van der Waals surface area contributed by atoms with Gasteiger partial charge in [-0.1, -0.05) is 44.2 Å². The van der Waals surface area contributed by atoms with Gasteiger partial charge in [0.15, 0.2) is 0 Å². The maximum atomic E-state index is 12.5. The van der Waals surface area contributed by atoms with Crippen LogP contribution in [0.1, 0.15) is 30.7 Å². The van der Waals surface area contributed by atoms with Gasteiger partial charge >= 0.3 is 6.03 Å². The van der Waals surface area contributed by atoms with E-state index in [1.165, 1.54) is 10.5 Å². The van der Waals surface area contributed by atoms with Crippen LogP contribution in [0, 0.1) is 5.92 Å². The van der Waals surface area contributed by atoms with Gasteiger partial charge in [-0.15, -0.1) is 11.8 Å². The lowest BCUT2D eigenvalue weighted by Crippen LogP contribution is -2.62. The second-order valence-electron chi connectivity index (χ2n) is 6.30. The molecule has 1 saturated heterocycles. The van der Waals surface area contributed by atoms with E-state index in [-0.39, 0.29) is 23.2 Å². The van der Waals surface area contributed by atoms with Crippen molar-refractivity contribution in [2.45, 2.75) is 37.9 Å². The molecule has 0 aliphatic carbocycles. The largest absolute Gasteiger partial charge is 0.334 e. The molecule has 0 unspecified atom stereocenters. The first-order chi connectivity index (χ1) is 12.6. The number of thioether (sulfide) groups is 1. The second-order valence-corrected chi connectivity index (χ2v) is 7.41. The first-order valence-electron chi connectivity index (χ1n) is 8.81. The molecule has 1 aliphatic rings. The number of benzene rings is 1. The molecule has 136 valence electrons. The summed E-state index contributed by atoms with van der Waals surface area (Å²) in [6.07, 6.45) is 2.66. The summed E-state index contributed by atoms with van der Waals surface area (Å²) in [4.78, 5) is 30.4. The molecule has 2 aromatic rings. The van der Waals surface area contributed by atoms with E-state index in [1.807, 2.05) is 43.3 Å². The fourth-order valence-electron chi connectivity index (χ4n) is 3.03. The SMILES string of the molecule is CCc1ccccc1CNC(=O)N1C(=O)[C@@H](C)[C@@H]1SCc1ccccn1. The van der Waals surface area contributed by atoms with Crippen LogP contribution in [0.25, 0.3) is 0 Å². The van der Waals surface area contributed by atoms with E-state index >= 15 is 0 Å². The van der Waals surface area contributed by atoms with Gasteiger partial charge in [0.1, 0.15) is 0 Å². The van der Waals surface area contributed by atoms with Gasteiger partial charge in [-0.2, -0.15) is 0 Å². The maximum absolute atomic E-state index is 12.5. The van der Waals surface area contributed by atoms with Crippen LogP contribution >= 0.6 is 11.8 Å². The third kappa shape index (κ3) is 3.90. The predicted octanol–water partition coefficient (Wildman–Crippen LogP) is 3.59. The fourth-order valence-corrected chi connectivity index (χ4v) is 4.29. The van der Waals surface area contributed by atoms with E-state index in [0.29, 0.717) is 12.3 Å². The lowest BCUT2D eigenvalue weighted by atomic mass is 10.0. The lowest BCUT2D eigenvalue weighted by Gasteiger charge is -2.43. The summed E-state index contributed by atoms with van der Waals surface area (Å²) in [5.74, 6) is 0.396. The van der Waals surface area contributed by atoms with Crippen molar-refractivity contribution in [3.8, 4) is 0 Å². The van der Waals surface area contributed by atoms with E-state index in [4.69, 9.17) is 0 Å². The van der Waals surface area contributed by atoms with E-state index in [1.54, 1.807) is 18.0 Å². The molecule has 0 radical (unpaired) electrons. The third-order valence-electron chi connectivity index (χ3n) is 4.59. The molecule has 2 heterocycles. The van der Waals surface area contributed by atoms with Crippen molar-refractivity contribution in [2.75, 3.05) is 0 Å². The van der Waals surface area contributed by atoms with Gasteiger partial charge in [-0.25, -0.2) is 4.79 Å². The number of carbonyl (C=O) groups excluding carboxylic acids is 2. The van der Waals surface area contributed by atoms with Crippen LogP contribution in [0.5, 0.6) is 0 Å². The van der Waals surface area contributed by atoms with Crippen LogP contribution in [-0.4, -0.2) is 27.2 Å². The molecule has 6 heteroatoms. The van der Waals surface area contributed by atoms with Gasteiger partial charge < -0.3 is 5.32 Å². The van der Waals surface area contributed by atoms with Crippen LogP contribution in [0.4, 0.5) is 4.79 Å². The number of aromatic nitrogens is 1. The highest BCUT2D eigenvalue weighted by Gasteiger charge is 2.48. The normalized spacial score (nSPS) is 19.2. The number of carbonyl (C=O) groups is 2. The number of imide groups is 1. The van der Waals surface area contributed by atoms with E-state index in [0.717, 1.165) is 17.7 Å². The third-order valence-corrected chi connectivity index (χ3v) is 6.01. The number of nitrogens with one attached hydrogen (secondary N) is 1.